The van der Waals surface area contributed by atoms with E-state index in [0.29, 0.717) is 0 Å². The van der Waals surface area contributed by atoms with Gasteiger partial charge in [0.15, 0.2) is 0 Å². The van der Waals surface area contributed by atoms with Gasteiger partial charge in [0, 0.05) is 29.9 Å². The predicted octanol–water partition coefficient (Wildman–Crippen LogP) is 5.02. The van der Waals surface area contributed by atoms with Crippen LogP contribution in [0.2, 0.25) is 0 Å². The second-order valence-corrected chi connectivity index (χ2v) is 6.13. The maximum absolute atomic E-state index is 13.7. The summed E-state index contributed by atoms with van der Waals surface area (Å²) in [4.78, 5) is 12.9. The molecule has 0 atom stereocenters. The third kappa shape index (κ3) is 4.28. The number of aliphatic imine (C=N–C) groups is 1. The Balaban J connectivity index is 1.86. The van der Waals surface area contributed by atoms with Crippen molar-refractivity contribution in [3.63, 3.8) is 0 Å². The molecular formula is C21H22FN5. The van der Waals surface area contributed by atoms with Crippen molar-refractivity contribution >= 4 is 18.2 Å². The van der Waals surface area contributed by atoms with Crippen molar-refractivity contribution in [3.8, 4) is 11.3 Å². The van der Waals surface area contributed by atoms with Gasteiger partial charge in [-0.15, -0.1) is 0 Å². The number of nitrogens with one attached hydrogen (secondary N) is 1. The van der Waals surface area contributed by atoms with Crippen LogP contribution >= 0.6 is 0 Å². The molecule has 0 amide bonds. The molecule has 3 rings (SSSR count). The van der Waals surface area contributed by atoms with Gasteiger partial charge >= 0.3 is 0 Å². The second-order valence-electron chi connectivity index (χ2n) is 6.13. The minimum Gasteiger partial charge on any atom is -0.347 e. The molecule has 3 aromatic heterocycles. The summed E-state index contributed by atoms with van der Waals surface area (Å²) in [6.07, 6.45) is 10.5. The number of imidazole rings is 1. The Hall–Kier alpha value is -3.28. The number of halogens is 1. The SMILES string of the molecule is C=N/C(C)=C\C=C\Nc1ccc(-c2nc3ccc(F)cn3c2CCC)cn1. The summed E-state index contributed by atoms with van der Waals surface area (Å²) in [5.41, 5.74) is 4.31. The van der Waals surface area contributed by atoms with Gasteiger partial charge in [0.05, 0.1) is 11.4 Å². The van der Waals surface area contributed by atoms with Crippen LogP contribution in [0.1, 0.15) is 26.0 Å². The van der Waals surface area contributed by atoms with Crippen LogP contribution in [0.3, 0.4) is 0 Å². The first-order valence-corrected chi connectivity index (χ1v) is 8.82. The third-order valence-electron chi connectivity index (χ3n) is 4.12. The minimum absolute atomic E-state index is 0.274. The molecule has 3 aromatic rings. The molecule has 0 aliphatic heterocycles. The molecule has 5 nitrogen and oxygen atoms in total. The van der Waals surface area contributed by atoms with Crippen LogP contribution in [0, 0.1) is 5.82 Å². The number of rotatable bonds is 7. The molecule has 0 unspecified atom stereocenters. The topological polar surface area (TPSA) is 54.6 Å². The first-order chi connectivity index (χ1) is 13.1. The largest absolute Gasteiger partial charge is 0.347 e. The number of hydrogen-bond acceptors (Lipinski definition) is 4. The van der Waals surface area contributed by atoms with Gasteiger partial charge in [-0.2, -0.15) is 0 Å². The summed E-state index contributed by atoms with van der Waals surface area (Å²) in [6, 6.07) is 6.98. The van der Waals surface area contributed by atoms with E-state index in [1.807, 2.05) is 35.6 Å². The lowest BCUT2D eigenvalue weighted by atomic mass is 10.1. The molecule has 0 fully saturated rings. The van der Waals surface area contributed by atoms with Gasteiger partial charge in [-0.3, -0.25) is 4.99 Å². The van der Waals surface area contributed by atoms with Crippen LogP contribution < -0.4 is 5.32 Å². The number of fused-ring (bicyclic) bond motifs is 1. The van der Waals surface area contributed by atoms with E-state index in [-0.39, 0.29) is 5.82 Å². The fourth-order valence-corrected chi connectivity index (χ4v) is 2.77. The van der Waals surface area contributed by atoms with Gasteiger partial charge < -0.3 is 9.72 Å². The van der Waals surface area contributed by atoms with Gasteiger partial charge in [-0.1, -0.05) is 13.3 Å². The van der Waals surface area contributed by atoms with Crippen molar-refractivity contribution in [1.29, 1.82) is 0 Å². The monoisotopic (exact) mass is 363 g/mol. The molecule has 138 valence electrons. The minimum atomic E-state index is -0.274. The summed E-state index contributed by atoms with van der Waals surface area (Å²) in [5, 5.41) is 3.10. The van der Waals surface area contributed by atoms with Crippen molar-refractivity contribution in [2.24, 2.45) is 4.99 Å². The molecule has 0 bridgehead atoms. The number of aromatic nitrogens is 3. The van der Waals surface area contributed by atoms with Crippen molar-refractivity contribution < 1.29 is 4.39 Å². The summed E-state index contributed by atoms with van der Waals surface area (Å²) < 4.78 is 15.5. The standard InChI is InChI=1S/C21H22FN5/c1-4-6-18-21(26-20-11-9-17(22)14-27(18)20)16-8-10-19(25-13-16)24-12-5-7-15(2)23-3/h5,7-14H,3-4,6H2,1-2H3,(H,24,25)/b12-5+,15-7-. The predicted molar refractivity (Wildman–Crippen MR) is 108 cm³/mol. The Morgan fingerprint density at radius 1 is 1.33 bits per heavy atom. The second kappa shape index (κ2) is 8.40. The molecule has 0 saturated heterocycles. The maximum atomic E-state index is 13.7. The van der Waals surface area contributed by atoms with E-state index in [0.717, 1.165) is 47.0 Å². The van der Waals surface area contributed by atoms with Crippen molar-refractivity contribution in [1.82, 2.24) is 14.4 Å². The van der Waals surface area contributed by atoms with Gasteiger partial charge in [0.1, 0.15) is 17.3 Å². The molecule has 0 radical (unpaired) electrons. The van der Waals surface area contributed by atoms with E-state index >= 15 is 0 Å². The first kappa shape index (κ1) is 18.5. The van der Waals surface area contributed by atoms with E-state index in [9.17, 15) is 4.39 Å². The molecule has 0 aliphatic rings. The molecule has 1 N–H and O–H groups in total. The highest BCUT2D eigenvalue weighted by atomic mass is 19.1. The van der Waals surface area contributed by atoms with Crippen molar-refractivity contribution in [3.05, 3.63) is 72.2 Å². The average molecular weight is 363 g/mol. The average Bonchev–Trinajstić information content (AvgIpc) is 3.03. The smallest absolute Gasteiger partial charge is 0.139 e. The highest BCUT2D eigenvalue weighted by Crippen LogP contribution is 2.26. The molecule has 27 heavy (non-hydrogen) atoms. The number of aryl methyl sites for hydroxylation is 1. The van der Waals surface area contributed by atoms with E-state index in [2.05, 4.69) is 33.9 Å². The van der Waals surface area contributed by atoms with E-state index in [4.69, 9.17) is 0 Å². The molecule has 0 spiro atoms. The lowest BCUT2D eigenvalue weighted by Crippen LogP contribution is -1.96. The van der Waals surface area contributed by atoms with Gasteiger partial charge in [0.2, 0.25) is 0 Å². The Labute approximate surface area is 158 Å². The lowest BCUT2D eigenvalue weighted by Gasteiger charge is -2.05. The van der Waals surface area contributed by atoms with Crippen LogP contribution in [-0.2, 0) is 6.42 Å². The van der Waals surface area contributed by atoms with Gasteiger partial charge in [-0.05, 0) is 56.5 Å². The zero-order valence-corrected chi connectivity index (χ0v) is 15.5. The van der Waals surface area contributed by atoms with Crippen LogP contribution in [0.25, 0.3) is 16.9 Å². The number of hydrogen-bond donors (Lipinski definition) is 1. The number of pyridine rings is 2. The summed E-state index contributed by atoms with van der Waals surface area (Å²) >= 11 is 0. The van der Waals surface area contributed by atoms with Crippen LogP contribution in [0.5, 0.6) is 0 Å². The fraction of sp³-hybridized carbons (Fsp3) is 0.190. The molecule has 0 aliphatic carbocycles. The molecule has 6 heteroatoms. The molecule has 0 aromatic carbocycles. The number of anilines is 1. The summed E-state index contributed by atoms with van der Waals surface area (Å²) in [5.74, 6) is 0.448. The van der Waals surface area contributed by atoms with Crippen LogP contribution in [0.4, 0.5) is 10.2 Å². The maximum Gasteiger partial charge on any atom is 0.139 e. The zero-order valence-electron chi connectivity index (χ0n) is 15.5. The summed E-state index contributed by atoms with van der Waals surface area (Å²) in [6.45, 7) is 7.43. The van der Waals surface area contributed by atoms with Crippen LogP contribution in [0.15, 0.2) is 65.7 Å². The van der Waals surface area contributed by atoms with Crippen LogP contribution in [-0.4, -0.2) is 21.1 Å². The Morgan fingerprint density at radius 3 is 2.89 bits per heavy atom. The molecule has 0 saturated carbocycles. The van der Waals surface area contributed by atoms with E-state index < -0.39 is 0 Å². The summed E-state index contributed by atoms with van der Waals surface area (Å²) in [7, 11) is 0. The van der Waals surface area contributed by atoms with E-state index in [1.54, 1.807) is 18.5 Å². The number of allylic oxidation sites excluding steroid dienone is 3. The Bertz CT molecular complexity index is 999. The first-order valence-electron chi connectivity index (χ1n) is 8.82. The zero-order chi connectivity index (χ0) is 19.2. The lowest BCUT2D eigenvalue weighted by molar-refractivity contribution is 0.617. The third-order valence-corrected chi connectivity index (χ3v) is 4.12. The van der Waals surface area contributed by atoms with E-state index in [1.165, 1.54) is 12.3 Å². The Kier molecular flexibility index (Phi) is 5.76. The van der Waals surface area contributed by atoms with Crippen molar-refractivity contribution in [2.75, 3.05) is 5.32 Å². The number of nitrogens with zero attached hydrogens (tertiary/aromatic N) is 4. The highest BCUT2D eigenvalue weighted by molar-refractivity contribution is 5.67. The fourth-order valence-electron chi connectivity index (χ4n) is 2.77. The van der Waals surface area contributed by atoms with Gasteiger partial charge in [-0.25, -0.2) is 14.4 Å². The normalized spacial score (nSPS) is 12.0. The van der Waals surface area contributed by atoms with Gasteiger partial charge in [0.25, 0.3) is 0 Å². The highest BCUT2D eigenvalue weighted by Gasteiger charge is 2.14. The van der Waals surface area contributed by atoms with Crippen molar-refractivity contribution in [2.45, 2.75) is 26.7 Å². The Morgan fingerprint density at radius 2 is 2.19 bits per heavy atom. The molecule has 3 heterocycles. The quantitative estimate of drug-likeness (QED) is 0.474. The molecular weight excluding hydrogens is 341 g/mol.